The van der Waals surface area contributed by atoms with Gasteiger partial charge in [0, 0.05) is 17.5 Å². The van der Waals surface area contributed by atoms with E-state index in [0.29, 0.717) is 0 Å². The minimum absolute atomic E-state index is 0.0432. The second-order valence-corrected chi connectivity index (χ2v) is 4.13. The first-order chi connectivity index (χ1) is 5.96. The molecule has 69 valence electrons. The Labute approximate surface area is 80.4 Å². The highest BCUT2D eigenvalue weighted by Crippen LogP contribution is 2.37. The minimum atomic E-state index is -0.0432. The molecule has 0 aliphatic carbocycles. The Morgan fingerprint density at radius 1 is 1.54 bits per heavy atom. The average Bonchev–Trinajstić information content (AvgIpc) is 1.99. The Bertz CT molecular complexity index is 289. The number of allylic oxidation sites excluding steroid dienone is 2. The van der Waals surface area contributed by atoms with Crippen molar-refractivity contribution in [2.45, 2.75) is 39.4 Å². The van der Waals surface area contributed by atoms with Crippen molar-refractivity contribution in [2.75, 3.05) is 0 Å². The third-order valence-electron chi connectivity index (χ3n) is 2.23. The molecule has 1 radical (unpaired) electrons. The van der Waals surface area contributed by atoms with Crippen molar-refractivity contribution in [3.05, 3.63) is 11.3 Å². The molecule has 13 heavy (non-hydrogen) atoms. The lowest BCUT2D eigenvalue weighted by Gasteiger charge is -2.28. The fourth-order valence-corrected chi connectivity index (χ4v) is 1.52. The van der Waals surface area contributed by atoms with Gasteiger partial charge in [-0.25, -0.2) is 0 Å². The minimum Gasteiger partial charge on any atom is -0.307 e. The lowest BCUT2D eigenvalue weighted by atomic mass is 9.46. The van der Waals surface area contributed by atoms with Gasteiger partial charge in [-0.2, -0.15) is 0 Å². The number of nitrogens with zero attached hydrogens (tertiary/aromatic N) is 1. The van der Waals surface area contributed by atoms with Crippen LogP contribution in [0.5, 0.6) is 0 Å². The molecule has 0 N–H and O–H groups in total. The van der Waals surface area contributed by atoms with Gasteiger partial charge in [0.1, 0.15) is 5.68 Å². The van der Waals surface area contributed by atoms with E-state index in [1.807, 2.05) is 13.8 Å². The van der Waals surface area contributed by atoms with Gasteiger partial charge in [-0.3, -0.25) is 4.99 Å². The predicted octanol–water partition coefficient (Wildman–Crippen LogP) is 2.18. The monoisotopic (exact) mass is 176 g/mol. The molecule has 0 aromatic rings. The largest absolute Gasteiger partial charge is 0.307 e. The normalized spacial score (nSPS) is 22.3. The Morgan fingerprint density at radius 2 is 2.15 bits per heavy atom. The van der Waals surface area contributed by atoms with E-state index < -0.39 is 0 Å². The summed E-state index contributed by atoms with van der Waals surface area (Å²) in [5, 5.41) is -0.0432. The molecule has 0 aromatic carbocycles. The summed E-state index contributed by atoms with van der Waals surface area (Å²) in [6.07, 6.45) is 2.60. The first-order valence-corrected chi connectivity index (χ1v) is 4.55. The van der Waals surface area contributed by atoms with Gasteiger partial charge in [-0.05, 0) is 25.6 Å². The van der Waals surface area contributed by atoms with Gasteiger partial charge in [0.15, 0.2) is 0 Å². The fraction of sp³-hybridized carbons (Fsp3) is 0.600. The molecule has 1 aliphatic heterocycles. The molecular formula is C10H15BNO. The van der Waals surface area contributed by atoms with Crippen LogP contribution in [0, 0.1) is 0 Å². The average molecular weight is 176 g/mol. The van der Waals surface area contributed by atoms with Crippen molar-refractivity contribution < 1.29 is 4.79 Å². The summed E-state index contributed by atoms with van der Waals surface area (Å²) >= 11 is 0. The lowest BCUT2D eigenvalue weighted by molar-refractivity contribution is -0.109. The van der Waals surface area contributed by atoms with Gasteiger partial charge in [0.2, 0.25) is 7.28 Å². The molecule has 0 bridgehead atoms. The van der Waals surface area contributed by atoms with Crippen LogP contribution in [0.4, 0.5) is 0 Å². The molecule has 1 rings (SSSR count). The third kappa shape index (κ3) is 2.30. The standard InChI is InChI=1S/C10H15BNO/c1-5-12-8-6-10(3,4)11-9(13)7(8)2/h5H,6H2,1-4H3. The summed E-state index contributed by atoms with van der Waals surface area (Å²) in [5.41, 5.74) is 1.84. The number of carbonyl (C=O) groups excluding carboxylic acids is 1. The van der Waals surface area contributed by atoms with Crippen molar-refractivity contribution in [1.29, 1.82) is 0 Å². The molecule has 0 unspecified atom stereocenters. The second kappa shape index (κ2) is 3.48. The van der Waals surface area contributed by atoms with Crippen molar-refractivity contribution in [1.82, 2.24) is 0 Å². The lowest BCUT2D eigenvalue weighted by Crippen LogP contribution is -2.28. The van der Waals surface area contributed by atoms with Crippen LogP contribution in [0.15, 0.2) is 16.3 Å². The molecule has 0 amide bonds. The van der Waals surface area contributed by atoms with Crippen molar-refractivity contribution >= 4 is 19.2 Å². The summed E-state index contributed by atoms with van der Waals surface area (Å²) in [6, 6.07) is 0. The summed E-state index contributed by atoms with van der Waals surface area (Å²) in [7, 11) is 1.79. The van der Waals surface area contributed by atoms with E-state index in [0.717, 1.165) is 17.7 Å². The molecular weight excluding hydrogens is 161 g/mol. The molecule has 0 aromatic heterocycles. The zero-order valence-corrected chi connectivity index (χ0v) is 8.72. The van der Waals surface area contributed by atoms with E-state index in [-0.39, 0.29) is 11.0 Å². The van der Waals surface area contributed by atoms with E-state index in [4.69, 9.17) is 0 Å². The fourth-order valence-electron chi connectivity index (χ4n) is 1.52. The SMILES string of the molecule is CC=NC1=C(C)C(=O)[B]C(C)(C)C1. The number of aliphatic imine (C=N–C) groups is 1. The van der Waals surface area contributed by atoms with Gasteiger partial charge >= 0.3 is 0 Å². The Hall–Kier alpha value is -0.855. The Balaban J connectivity index is 3.02. The maximum Gasteiger partial charge on any atom is 0.215 e. The molecule has 0 fully saturated rings. The first kappa shape index (κ1) is 10.2. The van der Waals surface area contributed by atoms with Crippen LogP contribution in [-0.4, -0.2) is 19.2 Å². The summed E-state index contributed by atoms with van der Waals surface area (Å²) < 4.78 is 0. The highest BCUT2D eigenvalue weighted by molar-refractivity contribution is 6.79. The maximum atomic E-state index is 11.5. The Kier molecular flexibility index (Phi) is 2.74. The zero-order chi connectivity index (χ0) is 10.1. The van der Waals surface area contributed by atoms with E-state index >= 15 is 0 Å². The van der Waals surface area contributed by atoms with E-state index in [9.17, 15) is 4.79 Å². The van der Waals surface area contributed by atoms with Gasteiger partial charge in [-0.15, -0.1) is 0 Å². The molecule has 0 saturated carbocycles. The van der Waals surface area contributed by atoms with Crippen molar-refractivity contribution in [3.8, 4) is 0 Å². The van der Waals surface area contributed by atoms with Crippen LogP contribution in [0.3, 0.4) is 0 Å². The molecule has 2 nitrogen and oxygen atoms in total. The molecule has 0 atom stereocenters. The predicted molar refractivity (Wildman–Crippen MR) is 56.3 cm³/mol. The van der Waals surface area contributed by atoms with Crippen molar-refractivity contribution in [2.24, 2.45) is 4.99 Å². The quantitative estimate of drug-likeness (QED) is 0.444. The van der Waals surface area contributed by atoms with Gasteiger partial charge in [0.25, 0.3) is 0 Å². The van der Waals surface area contributed by atoms with Crippen molar-refractivity contribution in [3.63, 3.8) is 0 Å². The van der Waals surface area contributed by atoms with Crippen LogP contribution in [0.2, 0.25) is 5.31 Å². The van der Waals surface area contributed by atoms with E-state index in [1.54, 1.807) is 13.5 Å². The summed E-state index contributed by atoms with van der Waals surface area (Å²) in [5.74, 6) is 0. The number of hydrogen-bond acceptors (Lipinski definition) is 2. The highest BCUT2D eigenvalue weighted by atomic mass is 16.1. The summed E-state index contributed by atoms with van der Waals surface area (Å²) in [6.45, 7) is 7.83. The number of hydrogen-bond donors (Lipinski definition) is 0. The first-order valence-electron chi connectivity index (χ1n) is 4.55. The molecule has 0 spiro atoms. The Morgan fingerprint density at radius 3 is 2.69 bits per heavy atom. The molecule has 1 heterocycles. The van der Waals surface area contributed by atoms with Gasteiger partial charge < -0.3 is 4.79 Å². The smallest absolute Gasteiger partial charge is 0.215 e. The van der Waals surface area contributed by atoms with Crippen LogP contribution in [-0.2, 0) is 4.79 Å². The van der Waals surface area contributed by atoms with E-state index in [2.05, 4.69) is 18.8 Å². The number of rotatable bonds is 1. The van der Waals surface area contributed by atoms with Crippen LogP contribution >= 0.6 is 0 Å². The topological polar surface area (TPSA) is 29.4 Å². The number of carbonyl (C=O) groups is 1. The molecule has 3 heteroatoms. The summed E-state index contributed by atoms with van der Waals surface area (Å²) in [4.78, 5) is 15.7. The highest BCUT2D eigenvalue weighted by Gasteiger charge is 2.31. The molecule has 0 saturated heterocycles. The second-order valence-electron chi connectivity index (χ2n) is 4.13. The van der Waals surface area contributed by atoms with Gasteiger partial charge in [-0.1, -0.05) is 13.8 Å². The maximum absolute atomic E-state index is 11.5. The van der Waals surface area contributed by atoms with E-state index in [1.165, 1.54) is 0 Å². The van der Waals surface area contributed by atoms with Crippen LogP contribution in [0.1, 0.15) is 34.1 Å². The van der Waals surface area contributed by atoms with Gasteiger partial charge in [0.05, 0.1) is 0 Å². The zero-order valence-electron chi connectivity index (χ0n) is 8.72. The van der Waals surface area contributed by atoms with Crippen LogP contribution in [0.25, 0.3) is 0 Å². The third-order valence-corrected chi connectivity index (χ3v) is 2.23. The molecule has 1 aliphatic rings. The van der Waals surface area contributed by atoms with Crippen LogP contribution < -0.4 is 0 Å².